The van der Waals surface area contributed by atoms with Crippen LogP contribution in [0.15, 0.2) is 0 Å². The maximum Gasteiger partial charge on any atom is 0.251 e. The predicted octanol–water partition coefficient (Wildman–Crippen LogP) is 1.69. The summed E-state index contributed by atoms with van der Waals surface area (Å²) in [7, 11) is 0. The van der Waals surface area contributed by atoms with Crippen molar-refractivity contribution in [3.63, 3.8) is 0 Å². The van der Waals surface area contributed by atoms with Crippen LogP contribution in [-0.4, -0.2) is 76.5 Å². The average Bonchev–Trinajstić information content (AvgIpc) is 3.40. The normalized spacial score (nSPS) is 25.7. The Bertz CT molecular complexity index is 884. The van der Waals surface area contributed by atoms with E-state index in [-0.39, 0.29) is 48.9 Å². The lowest BCUT2D eigenvalue weighted by Crippen LogP contribution is -2.61. The smallest absolute Gasteiger partial charge is 0.251 e. The van der Waals surface area contributed by atoms with E-state index >= 15 is 0 Å². The number of nitrogens with zero attached hydrogens (tertiary/aromatic N) is 1. The number of likely N-dealkylation sites (tertiary alicyclic amines) is 1. The molecule has 1 saturated heterocycles. The molecule has 10 heteroatoms. The van der Waals surface area contributed by atoms with Gasteiger partial charge in [0.05, 0.1) is 12.1 Å². The second kappa shape index (κ2) is 13.4. The molecule has 3 fully saturated rings. The van der Waals surface area contributed by atoms with Crippen molar-refractivity contribution >= 4 is 23.6 Å². The summed E-state index contributed by atoms with van der Waals surface area (Å²) in [6.45, 7) is 11.7. The van der Waals surface area contributed by atoms with Gasteiger partial charge in [0.2, 0.25) is 17.7 Å². The zero-order valence-corrected chi connectivity index (χ0v) is 24.0. The lowest BCUT2D eigenvalue weighted by atomic mass is 9.85. The number of nitrogens with one attached hydrogen (secondary N) is 3. The van der Waals surface area contributed by atoms with Gasteiger partial charge >= 0.3 is 0 Å². The molecule has 224 valence electrons. The maximum atomic E-state index is 14.0. The highest BCUT2D eigenvalue weighted by molar-refractivity contribution is 5.94. The molecule has 0 aromatic heterocycles. The van der Waals surface area contributed by atoms with Gasteiger partial charge < -0.3 is 31.7 Å². The molecular formula is C29H53N5O5. The molecule has 3 rings (SSSR count). The first-order chi connectivity index (χ1) is 17.8. The first-order valence-corrected chi connectivity index (χ1v) is 14.4. The quantitative estimate of drug-likeness (QED) is 0.263. The summed E-state index contributed by atoms with van der Waals surface area (Å²) in [5, 5.41) is 19.4. The lowest BCUT2D eigenvalue weighted by Gasteiger charge is -2.37. The van der Waals surface area contributed by atoms with Gasteiger partial charge in [0, 0.05) is 12.6 Å². The van der Waals surface area contributed by atoms with E-state index in [1.165, 1.54) is 0 Å². The largest absolute Gasteiger partial charge is 0.381 e. The summed E-state index contributed by atoms with van der Waals surface area (Å²) in [5.74, 6) is -1.38. The number of hydrogen-bond donors (Lipinski definition) is 5. The Morgan fingerprint density at radius 2 is 1.67 bits per heavy atom. The number of rotatable bonds is 11. The SMILES string of the molecule is C.CCCC(NC(=O)[C@@H]1[C@H]2CCC[C@H]2CN1C(=O)[C@@H](NC(=O)[C@@H](N)C(C)C)C(C)(C)C)C(O)C(=O)NC1CC1. The minimum absolute atomic E-state index is 0. The minimum Gasteiger partial charge on any atom is -0.381 e. The third-order valence-corrected chi connectivity index (χ3v) is 8.36. The van der Waals surface area contributed by atoms with Crippen LogP contribution in [0.1, 0.15) is 93.9 Å². The van der Waals surface area contributed by atoms with Gasteiger partial charge in [-0.1, -0.05) is 61.8 Å². The van der Waals surface area contributed by atoms with Crippen LogP contribution >= 0.6 is 0 Å². The van der Waals surface area contributed by atoms with Gasteiger partial charge in [-0.05, 0) is 55.3 Å². The number of aliphatic hydroxyl groups excluding tert-OH is 1. The molecule has 0 radical (unpaired) electrons. The summed E-state index contributed by atoms with van der Waals surface area (Å²) in [6, 6.07) is -2.96. The van der Waals surface area contributed by atoms with Crippen LogP contribution in [0, 0.1) is 23.2 Å². The van der Waals surface area contributed by atoms with Crippen molar-refractivity contribution in [2.45, 2.75) is 130 Å². The second-order valence-electron chi connectivity index (χ2n) is 13.0. The number of hydrogen-bond acceptors (Lipinski definition) is 6. The van der Waals surface area contributed by atoms with Crippen molar-refractivity contribution < 1.29 is 24.3 Å². The highest BCUT2D eigenvalue weighted by Gasteiger charge is 2.52. The summed E-state index contributed by atoms with van der Waals surface area (Å²) >= 11 is 0. The van der Waals surface area contributed by atoms with Gasteiger partial charge in [0.1, 0.15) is 12.1 Å². The Morgan fingerprint density at radius 3 is 2.21 bits per heavy atom. The van der Waals surface area contributed by atoms with E-state index < -0.39 is 41.6 Å². The zero-order chi connectivity index (χ0) is 28.4. The van der Waals surface area contributed by atoms with Crippen LogP contribution in [0.3, 0.4) is 0 Å². The van der Waals surface area contributed by atoms with Gasteiger partial charge in [-0.25, -0.2) is 0 Å². The molecule has 0 bridgehead atoms. The Morgan fingerprint density at radius 1 is 1.03 bits per heavy atom. The molecule has 10 nitrogen and oxygen atoms in total. The Hall–Kier alpha value is -2.20. The molecule has 3 aliphatic rings. The zero-order valence-electron chi connectivity index (χ0n) is 24.0. The first kappa shape index (κ1) is 33.0. The van der Waals surface area contributed by atoms with E-state index in [4.69, 9.17) is 5.73 Å². The van der Waals surface area contributed by atoms with E-state index in [0.29, 0.717) is 19.4 Å². The van der Waals surface area contributed by atoms with Crippen molar-refractivity contribution in [1.29, 1.82) is 0 Å². The summed E-state index contributed by atoms with van der Waals surface area (Å²) < 4.78 is 0. The van der Waals surface area contributed by atoms with Gasteiger partial charge in [0.15, 0.2) is 6.10 Å². The second-order valence-corrected chi connectivity index (χ2v) is 13.0. The molecule has 2 aliphatic carbocycles. The lowest BCUT2D eigenvalue weighted by molar-refractivity contribution is -0.145. The van der Waals surface area contributed by atoms with Crippen LogP contribution in [0.5, 0.6) is 0 Å². The molecule has 2 unspecified atom stereocenters. The van der Waals surface area contributed by atoms with Crippen LogP contribution in [-0.2, 0) is 19.2 Å². The van der Waals surface area contributed by atoms with Crippen LogP contribution in [0.4, 0.5) is 0 Å². The summed E-state index contributed by atoms with van der Waals surface area (Å²) in [5.41, 5.74) is 5.46. The topological polar surface area (TPSA) is 154 Å². The van der Waals surface area contributed by atoms with E-state index in [0.717, 1.165) is 32.1 Å². The fraction of sp³-hybridized carbons (Fsp3) is 0.862. The van der Waals surface area contributed by atoms with E-state index in [1.807, 2.05) is 41.5 Å². The van der Waals surface area contributed by atoms with E-state index in [2.05, 4.69) is 16.0 Å². The van der Waals surface area contributed by atoms with Crippen LogP contribution < -0.4 is 21.7 Å². The molecule has 0 spiro atoms. The third-order valence-electron chi connectivity index (χ3n) is 8.36. The highest BCUT2D eigenvalue weighted by atomic mass is 16.3. The van der Waals surface area contributed by atoms with Gasteiger partial charge in [-0.2, -0.15) is 0 Å². The molecule has 0 aromatic carbocycles. The molecule has 0 aromatic rings. The number of carbonyl (C=O) groups excluding carboxylic acids is 4. The van der Waals surface area contributed by atoms with Crippen molar-refractivity contribution in [1.82, 2.24) is 20.9 Å². The Balaban J connectivity index is 0.00000533. The Kier molecular flexibility index (Phi) is 11.4. The molecule has 4 amide bonds. The molecule has 1 heterocycles. The number of carbonyl (C=O) groups is 4. The fourth-order valence-corrected chi connectivity index (χ4v) is 5.81. The molecule has 6 N–H and O–H groups in total. The van der Waals surface area contributed by atoms with Crippen LogP contribution in [0.25, 0.3) is 0 Å². The van der Waals surface area contributed by atoms with Crippen molar-refractivity contribution in [3.8, 4) is 0 Å². The number of aliphatic hydroxyl groups is 1. The Labute approximate surface area is 234 Å². The summed E-state index contributed by atoms with van der Waals surface area (Å²) in [6.07, 6.45) is 4.32. The molecule has 7 atom stereocenters. The number of amides is 4. The molecule has 2 saturated carbocycles. The third kappa shape index (κ3) is 7.93. The molecule has 1 aliphatic heterocycles. The van der Waals surface area contributed by atoms with Crippen molar-refractivity contribution in [2.24, 2.45) is 28.9 Å². The van der Waals surface area contributed by atoms with E-state index in [9.17, 15) is 24.3 Å². The van der Waals surface area contributed by atoms with Crippen molar-refractivity contribution in [3.05, 3.63) is 0 Å². The monoisotopic (exact) mass is 551 g/mol. The number of nitrogens with two attached hydrogens (primary N) is 1. The first-order valence-electron chi connectivity index (χ1n) is 14.4. The van der Waals surface area contributed by atoms with Gasteiger partial charge in [-0.3, -0.25) is 19.2 Å². The number of fused-ring (bicyclic) bond motifs is 1. The molecule has 39 heavy (non-hydrogen) atoms. The van der Waals surface area contributed by atoms with Crippen LogP contribution in [0.2, 0.25) is 0 Å². The molecular weight excluding hydrogens is 498 g/mol. The maximum absolute atomic E-state index is 14.0. The summed E-state index contributed by atoms with van der Waals surface area (Å²) in [4.78, 5) is 54.8. The van der Waals surface area contributed by atoms with Gasteiger partial charge in [-0.15, -0.1) is 0 Å². The minimum atomic E-state index is -1.36. The fourth-order valence-electron chi connectivity index (χ4n) is 5.81. The highest BCUT2D eigenvalue weighted by Crippen LogP contribution is 2.43. The van der Waals surface area contributed by atoms with E-state index in [1.54, 1.807) is 4.90 Å². The van der Waals surface area contributed by atoms with Gasteiger partial charge in [0.25, 0.3) is 5.91 Å². The predicted molar refractivity (Wildman–Crippen MR) is 151 cm³/mol. The van der Waals surface area contributed by atoms with Crippen molar-refractivity contribution in [2.75, 3.05) is 6.54 Å². The average molecular weight is 552 g/mol. The standard InChI is InChI=1S/C28H49N5O5.CH4/c1-7-9-19(22(34)26(37)30-17-12-13-17)31-25(36)21-18-11-8-10-16(18)14-33(21)27(38)23(28(4,5)6)32-24(35)20(29)15(2)3;/h15-23,34H,7-14,29H2,1-6H3,(H,30,37)(H,31,36)(H,32,35);1H4/t16-,18-,19?,20-,21-,22?,23+;/m0./s1.